The molecule has 0 bridgehead atoms. The molecule has 1 aromatic heterocycles. The van der Waals surface area contributed by atoms with E-state index >= 15 is 0 Å². The second kappa shape index (κ2) is 6.94. The van der Waals surface area contributed by atoms with Crippen LogP contribution in [0.1, 0.15) is 43.7 Å². The molecule has 0 saturated heterocycles. The Balaban J connectivity index is 2.47. The van der Waals surface area contributed by atoms with Crippen molar-refractivity contribution in [3.8, 4) is 0 Å². The molecule has 94 valence electrons. The number of aromatic nitrogens is 1. The first-order chi connectivity index (χ1) is 8.16. The van der Waals surface area contributed by atoms with Gasteiger partial charge in [-0.3, -0.25) is 4.79 Å². The van der Waals surface area contributed by atoms with Crippen LogP contribution in [0.4, 0.5) is 0 Å². The topological polar surface area (TPSA) is 42.2 Å². The van der Waals surface area contributed by atoms with Gasteiger partial charge in [0.15, 0.2) is 0 Å². The van der Waals surface area contributed by atoms with Crippen LogP contribution in [0.25, 0.3) is 0 Å². The molecule has 17 heavy (non-hydrogen) atoms. The van der Waals surface area contributed by atoms with Gasteiger partial charge in [-0.05, 0) is 51.2 Å². The molecule has 0 amide bonds. The standard InChI is InChI=1S/C14H21NO2/c1-3-4-5-6-7-8-9-13-12(2)10-11-15(17)14(13)16/h3-4,10-11,17H,5-9H2,1-2H3. The summed E-state index contributed by atoms with van der Waals surface area (Å²) >= 11 is 0. The smallest absolute Gasteiger partial charge is 0.286 e. The minimum Gasteiger partial charge on any atom is -0.425 e. The zero-order valence-electron chi connectivity index (χ0n) is 10.6. The second-order valence-corrected chi connectivity index (χ2v) is 4.30. The van der Waals surface area contributed by atoms with Crippen molar-refractivity contribution in [2.24, 2.45) is 0 Å². The van der Waals surface area contributed by atoms with Gasteiger partial charge in [0.2, 0.25) is 0 Å². The molecular weight excluding hydrogens is 214 g/mol. The van der Waals surface area contributed by atoms with Crippen molar-refractivity contribution in [2.75, 3.05) is 0 Å². The molecule has 0 aromatic carbocycles. The highest BCUT2D eigenvalue weighted by molar-refractivity contribution is 5.22. The second-order valence-electron chi connectivity index (χ2n) is 4.30. The lowest BCUT2D eigenvalue weighted by atomic mass is 10.0. The molecule has 0 aliphatic rings. The fourth-order valence-corrected chi connectivity index (χ4v) is 1.87. The minimum atomic E-state index is -0.279. The summed E-state index contributed by atoms with van der Waals surface area (Å²) in [7, 11) is 0. The van der Waals surface area contributed by atoms with E-state index in [0.29, 0.717) is 4.73 Å². The molecule has 0 saturated carbocycles. The summed E-state index contributed by atoms with van der Waals surface area (Å²) < 4.78 is 0.669. The van der Waals surface area contributed by atoms with Crippen molar-refractivity contribution in [2.45, 2.75) is 46.0 Å². The number of nitrogens with zero attached hydrogens (tertiary/aromatic N) is 1. The molecule has 3 nitrogen and oxygen atoms in total. The van der Waals surface area contributed by atoms with Gasteiger partial charge >= 0.3 is 0 Å². The molecule has 0 atom stereocenters. The Bertz CT molecular complexity index is 432. The number of rotatable bonds is 6. The highest BCUT2D eigenvalue weighted by atomic mass is 16.5. The summed E-state index contributed by atoms with van der Waals surface area (Å²) in [5.74, 6) is 0. The van der Waals surface area contributed by atoms with Gasteiger partial charge in [-0.15, -0.1) is 0 Å². The fraction of sp³-hybridized carbons (Fsp3) is 0.500. The van der Waals surface area contributed by atoms with E-state index in [1.54, 1.807) is 6.07 Å². The third-order valence-electron chi connectivity index (χ3n) is 2.94. The van der Waals surface area contributed by atoms with Gasteiger partial charge in [0, 0.05) is 11.8 Å². The average molecular weight is 235 g/mol. The minimum absolute atomic E-state index is 0.279. The molecule has 1 aromatic rings. The maximum absolute atomic E-state index is 11.7. The highest BCUT2D eigenvalue weighted by Crippen LogP contribution is 2.08. The largest absolute Gasteiger partial charge is 0.425 e. The van der Waals surface area contributed by atoms with Crippen LogP contribution in [-0.2, 0) is 6.42 Å². The number of aryl methyl sites for hydroxylation is 1. The fourth-order valence-electron chi connectivity index (χ4n) is 1.87. The van der Waals surface area contributed by atoms with E-state index in [1.807, 2.05) is 13.8 Å². The van der Waals surface area contributed by atoms with E-state index in [2.05, 4.69) is 12.2 Å². The van der Waals surface area contributed by atoms with Crippen molar-refractivity contribution in [1.82, 2.24) is 4.73 Å². The molecule has 0 aliphatic heterocycles. The predicted molar refractivity (Wildman–Crippen MR) is 69.6 cm³/mol. The number of allylic oxidation sites excluding steroid dienone is 2. The lowest BCUT2D eigenvalue weighted by molar-refractivity contribution is 0.173. The molecule has 3 heteroatoms. The van der Waals surface area contributed by atoms with Gasteiger partial charge in [-0.2, -0.15) is 4.73 Å². The first-order valence-electron chi connectivity index (χ1n) is 6.18. The molecule has 0 unspecified atom stereocenters. The predicted octanol–water partition coefficient (Wildman–Crippen LogP) is 3.07. The van der Waals surface area contributed by atoms with Crippen LogP contribution in [-0.4, -0.2) is 9.94 Å². The van der Waals surface area contributed by atoms with E-state index < -0.39 is 0 Å². The number of hydrogen-bond donors (Lipinski definition) is 1. The van der Waals surface area contributed by atoms with Crippen LogP contribution in [0.2, 0.25) is 0 Å². The Labute approximate surface area is 102 Å². The van der Waals surface area contributed by atoms with Gasteiger partial charge in [0.05, 0.1) is 0 Å². The van der Waals surface area contributed by atoms with Crippen molar-refractivity contribution in [3.63, 3.8) is 0 Å². The SMILES string of the molecule is CC=CCCCCCc1c(C)ccn(O)c1=O. The summed E-state index contributed by atoms with van der Waals surface area (Å²) in [6.07, 6.45) is 10.7. The zero-order chi connectivity index (χ0) is 12.7. The molecule has 1 rings (SSSR count). The van der Waals surface area contributed by atoms with E-state index in [9.17, 15) is 10.0 Å². The van der Waals surface area contributed by atoms with Crippen LogP contribution in [0.5, 0.6) is 0 Å². The van der Waals surface area contributed by atoms with Crippen molar-refractivity contribution < 1.29 is 5.21 Å². The van der Waals surface area contributed by atoms with E-state index in [1.165, 1.54) is 6.20 Å². The molecule has 1 N–H and O–H groups in total. The lowest BCUT2D eigenvalue weighted by Crippen LogP contribution is -2.22. The Morgan fingerprint density at radius 2 is 2.12 bits per heavy atom. The highest BCUT2D eigenvalue weighted by Gasteiger charge is 2.05. The first-order valence-corrected chi connectivity index (χ1v) is 6.18. The van der Waals surface area contributed by atoms with Crippen LogP contribution in [0.15, 0.2) is 29.2 Å². The van der Waals surface area contributed by atoms with Crippen molar-refractivity contribution in [1.29, 1.82) is 0 Å². The van der Waals surface area contributed by atoms with Crippen molar-refractivity contribution in [3.05, 3.63) is 45.9 Å². The van der Waals surface area contributed by atoms with Gasteiger partial charge in [-0.25, -0.2) is 0 Å². The first kappa shape index (κ1) is 13.6. The maximum atomic E-state index is 11.7. The lowest BCUT2D eigenvalue weighted by Gasteiger charge is -2.06. The third-order valence-corrected chi connectivity index (χ3v) is 2.94. The van der Waals surface area contributed by atoms with Crippen LogP contribution in [0.3, 0.4) is 0 Å². The quantitative estimate of drug-likeness (QED) is 0.468. The number of unbranched alkanes of at least 4 members (excludes halogenated alkanes) is 3. The Morgan fingerprint density at radius 1 is 1.35 bits per heavy atom. The molecule has 0 radical (unpaired) electrons. The zero-order valence-corrected chi connectivity index (χ0v) is 10.6. The van der Waals surface area contributed by atoms with Crippen LogP contribution < -0.4 is 5.56 Å². The summed E-state index contributed by atoms with van der Waals surface area (Å²) in [6.45, 7) is 3.94. The van der Waals surface area contributed by atoms with E-state index in [-0.39, 0.29) is 5.56 Å². The van der Waals surface area contributed by atoms with E-state index in [4.69, 9.17) is 0 Å². The van der Waals surface area contributed by atoms with Crippen molar-refractivity contribution >= 4 is 0 Å². The molecule has 0 fully saturated rings. The van der Waals surface area contributed by atoms with Gasteiger partial charge in [0.25, 0.3) is 5.56 Å². The molecule has 1 heterocycles. The summed E-state index contributed by atoms with van der Waals surface area (Å²) in [6, 6.07) is 1.77. The Morgan fingerprint density at radius 3 is 2.82 bits per heavy atom. The number of hydrogen-bond acceptors (Lipinski definition) is 2. The van der Waals surface area contributed by atoms with Crippen LogP contribution >= 0.6 is 0 Å². The summed E-state index contributed by atoms with van der Waals surface area (Å²) in [5.41, 5.74) is 1.42. The summed E-state index contributed by atoms with van der Waals surface area (Å²) in [5, 5.41) is 9.29. The van der Waals surface area contributed by atoms with Crippen LogP contribution in [0, 0.1) is 6.92 Å². The van der Waals surface area contributed by atoms with Gasteiger partial charge < -0.3 is 5.21 Å². The Kier molecular flexibility index (Phi) is 5.53. The monoisotopic (exact) mass is 235 g/mol. The molecule has 0 aliphatic carbocycles. The van der Waals surface area contributed by atoms with Gasteiger partial charge in [-0.1, -0.05) is 18.6 Å². The molecule has 0 spiro atoms. The van der Waals surface area contributed by atoms with Gasteiger partial charge in [0.1, 0.15) is 0 Å². The average Bonchev–Trinajstić information content (AvgIpc) is 2.32. The number of pyridine rings is 1. The Hall–Kier alpha value is -1.51. The summed E-state index contributed by atoms with van der Waals surface area (Å²) in [4.78, 5) is 11.7. The molecular formula is C14H21NO2. The normalized spacial score (nSPS) is 11.2. The van der Waals surface area contributed by atoms with E-state index in [0.717, 1.165) is 43.2 Å². The maximum Gasteiger partial charge on any atom is 0.286 e. The third kappa shape index (κ3) is 4.10.